The molecule has 0 unspecified atom stereocenters. The molecule has 102 valence electrons. The number of hydrogen-bond acceptors (Lipinski definition) is 5. The largest absolute Gasteiger partial charge is 0.469 e. The van der Waals surface area contributed by atoms with Crippen LogP contribution in [-0.4, -0.2) is 28.0 Å². The van der Waals surface area contributed by atoms with Crippen molar-refractivity contribution >= 4 is 43.3 Å². The summed E-state index contributed by atoms with van der Waals surface area (Å²) in [5.74, 6) is -0.344. The minimum atomic E-state index is -3.48. The molecule has 0 spiro atoms. The third kappa shape index (κ3) is 4.34. The number of methoxy groups -OCH3 is 1. The number of hydrogen-bond donors (Lipinski definition) is 1. The van der Waals surface area contributed by atoms with Gasteiger partial charge in [0.2, 0.25) is 10.0 Å². The molecule has 0 aromatic carbocycles. The maximum Gasteiger partial charge on any atom is 0.305 e. The summed E-state index contributed by atoms with van der Waals surface area (Å²) in [4.78, 5) is 10.9. The van der Waals surface area contributed by atoms with Gasteiger partial charge in [0.1, 0.15) is 4.21 Å². The number of rotatable bonds is 6. The first-order valence-corrected chi connectivity index (χ1v) is 8.28. The van der Waals surface area contributed by atoms with E-state index in [-0.39, 0.29) is 23.1 Å². The average molecular weight is 356 g/mol. The second kappa shape index (κ2) is 6.65. The van der Waals surface area contributed by atoms with Gasteiger partial charge in [0.25, 0.3) is 0 Å². The van der Waals surface area contributed by atoms with E-state index in [1.165, 1.54) is 7.11 Å². The van der Waals surface area contributed by atoms with Gasteiger partial charge in [0, 0.05) is 13.0 Å². The van der Waals surface area contributed by atoms with Gasteiger partial charge in [-0.15, -0.1) is 11.3 Å². The summed E-state index contributed by atoms with van der Waals surface area (Å²) in [6.07, 6.45) is 0.615. The van der Waals surface area contributed by atoms with E-state index in [1.54, 1.807) is 6.07 Å². The zero-order valence-corrected chi connectivity index (χ0v) is 13.2. The topological polar surface area (TPSA) is 72.5 Å². The highest BCUT2D eigenvalue weighted by atomic mass is 79.9. The summed E-state index contributed by atoms with van der Waals surface area (Å²) in [5, 5.41) is 0. The number of esters is 1. The van der Waals surface area contributed by atoms with Gasteiger partial charge >= 0.3 is 5.97 Å². The lowest BCUT2D eigenvalue weighted by atomic mass is 10.3. The van der Waals surface area contributed by atoms with Gasteiger partial charge in [-0.05, 0) is 40.9 Å². The predicted octanol–water partition coefficient (Wildman–Crippen LogP) is 2.05. The Morgan fingerprint density at radius 3 is 2.72 bits per heavy atom. The van der Waals surface area contributed by atoms with Gasteiger partial charge in [-0.2, -0.15) is 0 Å². The molecule has 1 rings (SSSR count). The van der Waals surface area contributed by atoms with E-state index >= 15 is 0 Å². The zero-order valence-electron chi connectivity index (χ0n) is 10.0. The summed E-state index contributed by atoms with van der Waals surface area (Å²) >= 11 is 4.45. The van der Waals surface area contributed by atoms with Crippen LogP contribution in [0.3, 0.4) is 0 Å². The molecule has 1 N–H and O–H groups in total. The monoisotopic (exact) mass is 355 g/mol. The van der Waals surface area contributed by atoms with Crippen LogP contribution >= 0.6 is 27.3 Å². The Balaban J connectivity index is 2.53. The average Bonchev–Trinajstić information content (AvgIpc) is 2.66. The third-order valence-corrected chi connectivity index (χ3v) is 6.25. The molecule has 1 aromatic rings. The van der Waals surface area contributed by atoms with Crippen LogP contribution in [0.5, 0.6) is 0 Å². The van der Waals surface area contributed by atoms with Crippen molar-refractivity contribution in [1.82, 2.24) is 4.72 Å². The standard InChI is InChI=1S/C10H14BrNO4S2/c1-7-6-9(17-10(7)11)18(14,15)12-5-3-4-8(13)16-2/h6,12H,3-5H2,1-2H3. The van der Waals surface area contributed by atoms with E-state index in [9.17, 15) is 13.2 Å². The van der Waals surface area contributed by atoms with Gasteiger partial charge in [-0.1, -0.05) is 0 Å². The predicted molar refractivity (Wildman–Crippen MR) is 73.2 cm³/mol. The van der Waals surface area contributed by atoms with Crippen molar-refractivity contribution in [3.63, 3.8) is 0 Å². The van der Waals surface area contributed by atoms with Crippen LogP contribution in [0.1, 0.15) is 18.4 Å². The lowest BCUT2D eigenvalue weighted by molar-refractivity contribution is -0.140. The van der Waals surface area contributed by atoms with Crippen LogP contribution in [-0.2, 0) is 19.6 Å². The molecule has 5 nitrogen and oxygen atoms in total. The van der Waals surface area contributed by atoms with Crippen LogP contribution in [0, 0.1) is 6.92 Å². The second-order valence-corrected chi connectivity index (χ2v) is 7.96. The number of carbonyl (C=O) groups excluding carboxylic acids is 1. The molecule has 0 bridgehead atoms. The quantitative estimate of drug-likeness (QED) is 0.626. The lowest BCUT2D eigenvalue weighted by Crippen LogP contribution is -2.24. The highest BCUT2D eigenvalue weighted by Gasteiger charge is 2.17. The van der Waals surface area contributed by atoms with Crippen molar-refractivity contribution in [2.24, 2.45) is 0 Å². The Bertz CT molecular complexity index is 504. The van der Waals surface area contributed by atoms with Crippen molar-refractivity contribution in [3.05, 3.63) is 15.4 Å². The number of carbonyl (C=O) groups is 1. The van der Waals surface area contributed by atoms with Gasteiger partial charge in [-0.25, -0.2) is 13.1 Å². The van der Waals surface area contributed by atoms with Crippen LogP contribution in [0.4, 0.5) is 0 Å². The lowest BCUT2D eigenvalue weighted by Gasteiger charge is -2.03. The first-order valence-electron chi connectivity index (χ1n) is 5.19. The Hall–Kier alpha value is -0.440. The van der Waals surface area contributed by atoms with Crippen molar-refractivity contribution in [1.29, 1.82) is 0 Å². The number of ether oxygens (including phenoxy) is 1. The van der Waals surface area contributed by atoms with E-state index in [0.29, 0.717) is 6.42 Å². The molecule has 0 fully saturated rings. The normalized spacial score (nSPS) is 11.5. The molecule has 0 saturated carbocycles. The Kier molecular flexibility index (Phi) is 5.77. The van der Waals surface area contributed by atoms with Crippen molar-refractivity contribution in [2.45, 2.75) is 24.0 Å². The molecular weight excluding hydrogens is 342 g/mol. The highest BCUT2D eigenvalue weighted by Crippen LogP contribution is 2.30. The fourth-order valence-corrected chi connectivity index (χ4v) is 4.52. The smallest absolute Gasteiger partial charge is 0.305 e. The SMILES string of the molecule is COC(=O)CCCNS(=O)(=O)c1cc(C)c(Br)s1. The Morgan fingerprint density at radius 1 is 1.56 bits per heavy atom. The maximum atomic E-state index is 11.9. The van der Waals surface area contributed by atoms with E-state index in [0.717, 1.165) is 20.7 Å². The molecule has 0 saturated heterocycles. The summed E-state index contributed by atoms with van der Waals surface area (Å²) in [5.41, 5.74) is 0.884. The van der Waals surface area contributed by atoms with Crippen LogP contribution in [0.2, 0.25) is 0 Å². The van der Waals surface area contributed by atoms with Gasteiger partial charge in [0.15, 0.2) is 0 Å². The molecule has 0 amide bonds. The van der Waals surface area contributed by atoms with E-state index in [2.05, 4.69) is 25.4 Å². The summed E-state index contributed by atoms with van der Waals surface area (Å²) in [7, 11) is -2.18. The van der Waals surface area contributed by atoms with Gasteiger partial charge < -0.3 is 4.74 Å². The van der Waals surface area contributed by atoms with Crippen LogP contribution in [0.25, 0.3) is 0 Å². The number of nitrogens with one attached hydrogen (secondary N) is 1. The first kappa shape index (κ1) is 15.6. The zero-order chi connectivity index (χ0) is 13.8. The minimum absolute atomic E-state index is 0.201. The molecular formula is C10H14BrNO4S2. The minimum Gasteiger partial charge on any atom is -0.469 e. The molecule has 0 aliphatic rings. The summed E-state index contributed by atoms with van der Waals surface area (Å²) in [6.45, 7) is 2.04. The fraction of sp³-hybridized carbons (Fsp3) is 0.500. The van der Waals surface area contributed by atoms with E-state index in [4.69, 9.17) is 0 Å². The van der Waals surface area contributed by atoms with Gasteiger partial charge in [0.05, 0.1) is 10.9 Å². The van der Waals surface area contributed by atoms with Crippen molar-refractivity contribution in [2.75, 3.05) is 13.7 Å². The summed E-state index contributed by atoms with van der Waals surface area (Å²) < 4.78 is 31.7. The Morgan fingerprint density at radius 2 is 2.22 bits per heavy atom. The number of halogens is 1. The summed E-state index contributed by atoms with van der Waals surface area (Å²) in [6, 6.07) is 1.61. The number of aryl methyl sites for hydroxylation is 1. The molecule has 1 heterocycles. The second-order valence-electron chi connectivity index (χ2n) is 3.60. The molecule has 0 aliphatic carbocycles. The van der Waals surface area contributed by atoms with Crippen LogP contribution in [0.15, 0.2) is 14.1 Å². The Labute approximate surface area is 119 Å². The van der Waals surface area contributed by atoms with Crippen LogP contribution < -0.4 is 4.72 Å². The number of thiophene rings is 1. The van der Waals surface area contributed by atoms with E-state index < -0.39 is 10.0 Å². The molecule has 0 aliphatic heterocycles. The molecule has 18 heavy (non-hydrogen) atoms. The number of sulfonamides is 1. The maximum absolute atomic E-state index is 11.9. The first-order chi connectivity index (χ1) is 8.36. The van der Waals surface area contributed by atoms with Crippen molar-refractivity contribution < 1.29 is 17.9 Å². The fourth-order valence-electron chi connectivity index (χ4n) is 1.18. The highest BCUT2D eigenvalue weighted by molar-refractivity contribution is 9.11. The van der Waals surface area contributed by atoms with Crippen molar-refractivity contribution in [3.8, 4) is 0 Å². The molecule has 0 atom stereocenters. The van der Waals surface area contributed by atoms with Gasteiger partial charge in [-0.3, -0.25) is 4.79 Å². The molecule has 8 heteroatoms. The third-order valence-electron chi connectivity index (χ3n) is 2.18. The molecule has 0 radical (unpaired) electrons. The molecule has 1 aromatic heterocycles. The van der Waals surface area contributed by atoms with E-state index in [1.807, 2.05) is 6.92 Å².